The number of carboxylic acids is 1. The van der Waals surface area contributed by atoms with Crippen molar-refractivity contribution in [2.45, 2.75) is 6.04 Å². The van der Waals surface area contributed by atoms with E-state index in [2.05, 4.69) is 5.32 Å². The number of nitrogens with one attached hydrogen (secondary N) is 1. The summed E-state index contributed by atoms with van der Waals surface area (Å²) in [5.74, 6) is -1.66. The normalized spacial score (nSPS) is 11.8. The maximum atomic E-state index is 12.1. The Morgan fingerprint density at radius 1 is 1.30 bits per heavy atom. The summed E-state index contributed by atoms with van der Waals surface area (Å²) in [6.07, 6.45) is 0. The number of amides is 1. The summed E-state index contributed by atoms with van der Waals surface area (Å²) in [7, 11) is 2.70. The van der Waals surface area contributed by atoms with Gasteiger partial charge in [-0.05, 0) is 6.07 Å². The summed E-state index contributed by atoms with van der Waals surface area (Å²) < 4.78 is 9.75. The summed E-state index contributed by atoms with van der Waals surface area (Å²) in [6.45, 7) is -0.162. The lowest BCUT2D eigenvalue weighted by Gasteiger charge is -2.15. The Morgan fingerprint density at radius 2 is 1.90 bits per heavy atom. The summed E-state index contributed by atoms with van der Waals surface area (Å²) >= 11 is 11.7. The molecule has 1 aromatic carbocycles. The molecule has 0 aromatic heterocycles. The van der Waals surface area contributed by atoms with Crippen molar-refractivity contribution in [2.24, 2.45) is 0 Å². The van der Waals surface area contributed by atoms with Gasteiger partial charge in [0, 0.05) is 13.2 Å². The first kappa shape index (κ1) is 16.6. The molecule has 6 nitrogen and oxygen atoms in total. The Labute approximate surface area is 125 Å². The average Bonchev–Trinajstić information content (AvgIpc) is 2.40. The van der Waals surface area contributed by atoms with E-state index < -0.39 is 17.9 Å². The summed E-state index contributed by atoms with van der Waals surface area (Å²) in [5, 5.41) is 11.7. The standard InChI is InChI=1S/C12H13Cl2NO5/c1-19-5-9(12(17)18)15-11(16)6-3-7(13)8(14)4-10(6)20-2/h3-4,9H,5H2,1-2H3,(H,15,16)(H,17,18). The van der Waals surface area contributed by atoms with E-state index in [1.54, 1.807) is 0 Å². The highest BCUT2D eigenvalue weighted by Crippen LogP contribution is 2.30. The summed E-state index contributed by atoms with van der Waals surface area (Å²) in [6, 6.07) is 1.51. The minimum Gasteiger partial charge on any atom is -0.496 e. The Balaban J connectivity index is 3.02. The van der Waals surface area contributed by atoms with Crippen molar-refractivity contribution in [3.05, 3.63) is 27.7 Å². The molecule has 0 spiro atoms. The molecule has 0 aliphatic rings. The van der Waals surface area contributed by atoms with Crippen LogP contribution in [0.25, 0.3) is 0 Å². The highest BCUT2D eigenvalue weighted by Gasteiger charge is 2.23. The molecule has 0 saturated carbocycles. The maximum Gasteiger partial charge on any atom is 0.328 e. The van der Waals surface area contributed by atoms with E-state index in [0.717, 1.165) is 0 Å². The van der Waals surface area contributed by atoms with Gasteiger partial charge in [0.05, 0.1) is 29.3 Å². The molecule has 0 saturated heterocycles. The van der Waals surface area contributed by atoms with Crippen LogP contribution in [0.1, 0.15) is 10.4 Å². The molecule has 0 radical (unpaired) electrons. The predicted octanol–water partition coefficient (Wildman–Crippen LogP) is 1.83. The van der Waals surface area contributed by atoms with Crippen LogP contribution in [-0.4, -0.2) is 43.9 Å². The Kier molecular flexibility index (Phi) is 6.06. The van der Waals surface area contributed by atoms with E-state index in [1.807, 2.05) is 0 Å². The molecule has 1 rings (SSSR count). The van der Waals surface area contributed by atoms with Crippen LogP contribution in [0.2, 0.25) is 10.0 Å². The third kappa shape index (κ3) is 4.00. The van der Waals surface area contributed by atoms with Gasteiger partial charge in [0.1, 0.15) is 5.75 Å². The number of benzene rings is 1. The zero-order valence-electron chi connectivity index (χ0n) is 10.8. The van der Waals surface area contributed by atoms with Crippen molar-refractivity contribution in [3.8, 4) is 5.75 Å². The minimum atomic E-state index is -1.21. The SMILES string of the molecule is COCC(NC(=O)c1cc(Cl)c(Cl)cc1OC)C(=O)O. The number of aliphatic carboxylic acids is 1. The number of carbonyl (C=O) groups is 2. The molecule has 1 atom stereocenters. The quantitative estimate of drug-likeness (QED) is 0.835. The molecule has 20 heavy (non-hydrogen) atoms. The smallest absolute Gasteiger partial charge is 0.328 e. The molecular formula is C12H13Cl2NO5. The predicted molar refractivity (Wildman–Crippen MR) is 73.8 cm³/mol. The van der Waals surface area contributed by atoms with Crippen LogP contribution in [0.15, 0.2) is 12.1 Å². The maximum absolute atomic E-state index is 12.1. The number of halogens is 2. The van der Waals surface area contributed by atoms with Crippen LogP contribution in [-0.2, 0) is 9.53 Å². The highest BCUT2D eigenvalue weighted by molar-refractivity contribution is 6.42. The van der Waals surface area contributed by atoms with Gasteiger partial charge in [-0.2, -0.15) is 0 Å². The number of ether oxygens (including phenoxy) is 2. The van der Waals surface area contributed by atoms with Crippen LogP contribution in [0.4, 0.5) is 0 Å². The summed E-state index contributed by atoms with van der Waals surface area (Å²) in [5.41, 5.74) is 0.0873. The molecule has 2 N–H and O–H groups in total. The number of methoxy groups -OCH3 is 2. The molecule has 0 heterocycles. The first-order valence-electron chi connectivity index (χ1n) is 5.46. The van der Waals surface area contributed by atoms with Gasteiger partial charge in [0.15, 0.2) is 6.04 Å². The first-order valence-corrected chi connectivity index (χ1v) is 6.22. The molecule has 1 unspecified atom stereocenters. The molecule has 110 valence electrons. The topological polar surface area (TPSA) is 84.9 Å². The van der Waals surface area contributed by atoms with Crippen LogP contribution in [0.5, 0.6) is 5.75 Å². The van der Waals surface area contributed by atoms with Gasteiger partial charge in [0.2, 0.25) is 0 Å². The van der Waals surface area contributed by atoms with Crippen molar-refractivity contribution in [1.29, 1.82) is 0 Å². The van der Waals surface area contributed by atoms with Gasteiger partial charge in [-0.1, -0.05) is 23.2 Å². The number of rotatable bonds is 6. The number of carbonyl (C=O) groups excluding carboxylic acids is 1. The second-order valence-corrected chi connectivity index (χ2v) is 4.60. The zero-order valence-corrected chi connectivity index (χ0v) is 12.3. The van der Waals surface area contributed by atoms with Crippen molar-refractivity contribution in [1.82, 2.24) is 5.32 Å². The van der Waals surface area contributed by atoms with E-state index >= 15 is 0 Å². The fraction of sp³-hybridized carbons (Fsp3) is 0.333. The van der Waals surface area contributed by atoms with E-state index in [-0.39, 0.29) is 28.0 Å². The number of carboxylic acid groups (broad SMARTS) is 1. The lowest BCUT2D eigenvalue weighted by Crippen LogP contribution is -2.43. The molecule has 1 aromatic rings. The lowest BCUT2D eigenvalue weighted by atomic mass is 10.1. The van der Waals surface area contributed by atoms with Crippen LogP contribution < -0.4 is 10.1 Å². The summed E-state index contributed by atoms with van der Waals surface area (Å²) in [4.78, 5) is 23.0. The highest BCUT2D eigenvalue weighted by atomic mass is 35.5. The van der Waals surface area contributed by atoms with Gasteiger partial charge in [-0.3, -0.25) is 4.79 Å². The van der Waals surface area contributed by atoms with Crippen LogP contribution in [0, 0.1) is 0 Å². The Hall–Kier alpha value is -1.50. The molecule has 1 amide bonds. The van der Waals surface area contributed by atoms with E-state index in [4.69, 9.17) is 37.8 Å². The molecule has 0 bridgehead atoms. The van der Waals surface area contributed by atoms with Crippen molar-refractivity contribution in [2.75, 3.05) is 20.8 Å². The fourth-order valence-electron chi connectivity index (χ4n) is 1.45. The van der Waals surface area contributed by atoms with Crippen LogP contribution in [0.3, 0.4) is 0 Å². The molecule has 0 fully saturated rings. The first-order chi connectivity index (χ1) is 9.40. The zero-order chi connectivity index (χ0) is 15.3. The Morgan fingerprint density at radius 3 is 2.40 bits per heavy atom. The molecular weight excluding hydrogens is 309 g/mol. The molecule has 0 aliphatic heterocycles. The largest absolute Gasteiger partial charge is 0.496 e. The van der Waals surface area contributed by atoms with Crippen molar-refractivity contribution in [3.63, 3.8) is 0 Å². The number of hydrogen-bond acceptors (Lipinski definition) is 4. The molecule has 8 heteroatoms. The van der Waals surface area contributed by atoms with E-state index in [0.29, 0.717) is 0 Å². The number of hydrogen-bond donors (Lipinski definition) is 2. The monoisotopic (exact) mass is 321 g/mol. The van der Waals surface area contributed by atoms with Gasteiger partial charge in [-0.15, -0.1) is 0 Å². The third-order valence-electron chi connectivity index (χ3n) is 2.42. The van der Waals surface area contributed by atoms with Gasteiger partial charge in [0.25, 0.3) is 5.91 Å². The van der Waals surface area contributed by atoms with Gasteiger partial charge >= 0.3 is 5.97 Å². The lowest BCUT2D eigenvalue weighted by molar-refractivity contribution is -0.140. The Bertz CT molecular complexity index is 521. The van der Waals surface area contributed by atoms with Gasteiger partial charge < -0.3 is 19.9 Å². The van der Waals surface area contributed by atoms with E-state index in [9.17, 15) is 9.59 Å². The molecule has 0 aliphatic carbocycles. The minimum absolute atomic E-state index is 0.0873. The average molecular weight is 322 g/mol. The van der Waals surface area contributed by atoms with Crippen LogP contribution >= 0.6 is 23.2 Å². The van der Waals surface area contributed by atoms with Crippen molar-refractivity contribution >= 4 is 35.1 Å². The second-order valence-electron chi connectivity index (χ2n) is 3.79. The third-order valence-corrected chi connectivity index (χ3v) is 3.15. The second kappa shape index (κ2) is 7.33. The van der Waals surface area contributed by atoms with Crippen molar-refractivity contribution < 1.29 is 24.2 Å². The van der Waals surface area contributed by atoms with Gasteiger partial charge in [-0.25, -0.2) is 4.79 Å². The van der Waals surface area contributed by atoms with E-state index in [1.165, 1.54) is 26.4 Å². The fourth-order valence-corrected chi connectivity index (χ4v) is 1.77.